The maximum Gasteiger partial charge on any atom is 0.232 e. The molecule has 0 unspecified atom stereocenters. The Hall–Kier alpha value is -2.75. The summed E-state index contributed by atoms with van der Waals surface area (Å²) in [6.07, 6.45) is 1.76. The predicted octanol–water partition coefficient (Wildman–Crippen LogP) is 6.81. The lowest BCUT2D eigenvalue weighted by Crippen LogP contribution is -2.00. The number of ether oxygens (including phenoxy) is 2. The van der Waals surface area contributed by atoms with Crippen molar-refractivity contribution in [3.8, 4) is 11.5 Å². The molecule has 0 amide bonds. The summed E-state index contributed by atoms with van der Waals surface area (Å²) in [6, 6.07) is 16.9. The van der Waals surface area contributed by atoms with Crippen LogP contribution in [0.15, 0.2) is 60.4 Å². The van der Waals surface area contributed by atoms with E-state index in [-0.39, 0.29) is 5.78 Å². The zero-order valence-electron chi connectivity index (χ0n) is 16.0. The fourth-order valence-electron chi connectivity index (χ4n) is 3.17. The van der Waals surface area contributed by atoms with Crippen LogP contribution in [0.5, 0.6) is 11.5 Å². The topological polar surface area (TPSA) is 35.5 Å². The minimum Gasteiger partial charge on any atom is -0.489 e. The molecule has 0 bridgehead atoms. The van der Waals surface area contributed by atoms with E-state index in [0.717, 1.165) is 22.3 Å². The molecule has 0 fully saturated rings. The first-order valence-corrected chi connectivity index (χ1v) is 9.88. The van der Waals surface area contributed by atoms with Crippen molar-refractivity contribution in [2.45, 2.75) is 20.5 Å². The molecular formula is C24H18Cl2O3. The third-order valence-corrected chi connectivity index (χ3v) is 5.45. The Bertz CT molecular complexity index is 1130. The number of ketones is 1. The number of Topliss-reactive ketones (excluding diaryl/α,β-unsaturated/α-hetero) is 1. The molecule has 146 valence electrons. The summed E-state index contributed by atoms with van der Waals surface area (Å²) in [6.45, 7) is 4.23. The average Bonchev–Trinajstić information content (AvgIpc) is 3.00. The summed E-state index contributed by atoms with van der Waals surface area (Å²) in [5.41, 5.74) is 4.36. The molecule has 0 aliphatic carbocycles. The second-order valence-corrected chi connectivity index (χ2v) is 7.82. The number of allylic oxidation sites excluding steroid dienone is 1. The molecule has 0 spiro atoms. The highest BCUT2D eigenvalue weighted by Gasteiger charge is 2.30. The Balaban J connectivity index is 1.55. The van der Waals surface area contributed by atoms with E-state index in [1.807, 2.05) is 50.2 Å². The van der Waals surface area contributed by atoms with Gasteiger partial charge in [-0.05, 0) is 54.8 Å². The number of rotatable bonds is 4. The predicted molar refractivity (Wildman–Crippen MR) is 116 cm³/mol. The fraction of sp³-hybridized carbons (Fsp3) is 0.125. The van der Waals surface area contributed by atoms with Crippen molar-refractivity contribution < 1.29 is 14.3 Å². The van der Waals surface area contributed by atoms with Gasteiger partial charge in [-0.15, -0.1) is 0 Å². The molecule has 5 heteroatoms. The molecule has 1 aliphatic heterocycles. The van der Waals surface area contributed by atoms with Gasteiger partial charge in [-0.2, -0.15) is 0 Å². The van der Waals surface area contributed by atoms with Gasteiger partial charge in [0.15, 0.2) is 5.76 Å². The molecule has 0 radical (unpaired) electrons. The van der Waals surface area contributed by atoms with Crippen LogP contribution in [0.1, 0.15) is 32.6 Å². The molecule has 1 aliphatic rings. The van der Waals surface area contributed by atoms with E-state index >= 15 is 0 Å². The van der Waals surface area contributed by atoms with Crippen LogP contribution in [0.4, 0.5) is 0 Å². The van der Waals surface area contributed by atoms with Gasteiger partial charge in [-0.1, -0.05) is 59.1 Å². The van der Waals surface area contributed by atoms with Gasteiger partial charge in [0.25, 0.3) is 0 Å². The number of aryl methyl sites for hydroxylation is 2. The molecule has 3 nitrogen and oxygen atoms in total. The van der Waals surface area contributed by atoms with Gasteiger partial charge in [-0.3, -0.25) is 4.79 Å². The Morgan fingerprint density at radius 1 is 0.966 bits per heavy atom. The highest BCUT2D eigenvalue weighted by Crippen LogP contribution is 2.37. The van der Waals surface area contributed by atoms with Gasteiger partial charge in [0.2, 0.25) is 5.78 Å². The van der Waals surface area contributed by atoms with Crippen molar-refractivity contribution in [2.24, 2.45) is 0 Å². The molecule has 0 N–H and O–H groups in total. The lowest BCUT2D eigenvalue weighted by Gasteiger charge is -2.10. The second-order valence-electron chi connectivity index (χ2n) is 7.00. The highest BCUT2D eigenvalue weighted by molar-refractivity contribution is 6.42. The van der Waals surface area contributed by atoms with Crippen LogP contribution in [0.2, 0.25) is 10.0 Å². The monoisotopic (exact) mass is 424 g/mol. The van der Waals surface area contributed by atoms with Crippen molar-refractivity contribution in [1.29, 1.82) is 0 Å². The number of fused-ring (bicyclic) bond motifs is 1. The number of hydrogen-bond acceptors (Lipinski definition) is 3. The number of carbonyl (C=O) groups is 1. The molecule has 0 atom stereocenters. The molecule has 3 aromatic carbocycles. The summed E-state index contributed by atoms with van der Waals surface area (Å²) >= 11 is 12.0. The van der Waals surface area contributed by atoms with E-state index in [1.54, 1.807) is 24.3 Å². The standard InChI is InChI=1S/C24H18Cl2O3/c1-14-3-5-16(6-4-14)11-22-24(27)23-15(2)9-18(12-21(23)29-22)28-13-17-7-8-19(25)20(26)10-17/h3-12H,13H2,1-2H3/b22-11-. The zero-order valence-corrected chi connectivity index (χ0v) is 17.5. The number of carbonyl (C=O) groups excluding carboxylic acids is 1. The van der Waals surface area contributed by atoms with Crippen LogP contribution >= 0.6 is 23.2 Å². The average molecular weight is 425 g/mol. The maximum atomic E-state index is 12.8. The summed E-state index contributed by atoms with van der Waals surface area (Å²) in [5, 5.41) is 0.987. The molecule has 3 aromatic rings. The number of halogens is 2. The lowest BCUT2D eigenvalue weighted by molar-refractivity contribution is 0.101. The molecule has 1 heterocycles. The van der Waals surface area contributed by atoms with Gasteiger partial charge in [0, 0.05) is 6.07 Å². The molecule has 29 heavy (non-hydrogen) atoms. The van der Waals surface area contributed by atoms with Gasteiger partial charge in [0.05, 0.1) is 15.6 Å². The van der Waals surface area contributed by atoms with E-state index in [1.165, 1.54) is 0 Å². The minimum atomic E-state index is -0.117. The fourth-order valence-corrected chi connectivity index (χ4v) is 3.49. The van der Waals surface area contributed by atoms with E-state index in [2.05, 4.69) is 0 Å². The third kappa shape index (κ3) is 4.16. The summed E-state index contributed by atoms with van der Waals surface area (Å²) < 4.78 is 11.7. The normalized spacial score (nSPS) is 14.1. The van der Waals surface area contributed by atoms with Crippen LogP contribution in [0, 0.1) is 13.8 Å². The lowest BCUT2D eigenvalue weighted by atomic mass is 10.0. The Kier molecular flexibility index (Phi) is 5.35. The quantitative estimate of drug-likeness (QED) is 0.431. The largest absolute Gasteiger partial charge is 0.489 e. The molecule has 4 rings (SSSR count). The van der Waals surface area contributed by atoms with Crippen molar-refractivity contribution >= 4 is 35.1 Å². The van der Waals surface area contributed by atoms with Gasteiger partial charge < -0.3 is 9.47 Å². The number of benzene rings is 3. The molecule has 0 saturated heterocycles. The van der Waals surface area contributed by atoms with Crippen LogP contribution in [-0.4, -0.2) is 5.78 Å². The van der Waals surface area contributed by atoms with Crippen LogP contribution in [-0.2, 0) is 6.61 Å². The Morgan fingerprint density at radius 3 is 2.45 bits per heavy atom. The first kappa shape index (κ1) is 19.6. The zero-order chi connectivity index (χ0) is 20.5. The first-order chi connectivity index (χ1) is 13.9. The van der Waals surface area contributed by atoms with E-state index in [4.69, 9.17) is 32.7 Å². The van der Waals surface area contributed by atoms with Gasteiger partial charge in [0.1, 0.15) is 18.1 Å². The highest BCUT2D eigenvalue weighted by atomic mass is 35.5. The van der Waals surface area contributed by atoms with Gasteiger partial charge in [-0.25, -0.2) is 0 Å². The molecule has 0 aromatic heterocycles. The summed E-state index contributed by atoms with van der Waals surface area (Å²) in [7, 11) is 0. The summed E-state index contributed by atoms with van der Waals surface area (Å²) in [4.78, 5) is 12.8. The van der Waals surface area contributed by atoms with E-state index in [0.29, 0.717) is 39.5 Å². The smallest absolute Gasteiger partial charge is 0.232 e. The molecular weight excluding hydrogens is 407 g/mol. The van der Waals surface area contributed by atoms with Gasteiger partial charge >= 0.3 is 0 Å². The molecule has 0 saturated carbocycles. The van der Waals surface area contributed by atoms with Crippen molar-refractivity contribution in [3.05, 3.63) is 98.2 Å². The van der Waals surface area contributed by atoms with Crippen molar-refractivity contribution in [2.75, 3.05) is 0 Å². The second kappa shape index (κ2) is 7.94. The minimum absolute atomic E-state index is 0.117. The van der Waals surface area contributed by atoms with E-state index in [9.17, 15) is 4.79 Å². The van der Waals surface area contributed by atoms with Crippen LogP contribution < -0.4 is 9.47 Å². The number of hydrogen-bond donors (Lipinski definition) is 0. The summed E-state index contributed by atoms with van der Waals surface area (Å²) in [5.74, 6) is 1.33. The maximum absolute atomic E-state index is 12.8. The Morgan fingerprint density at radius 2 is 1.72 bits per heavy atom. The SMILES string of the molecule is Cc1ccc(/C=C2\Oc3cc(OCc4ccc(Cl)c(Cl)c4)cc(C)c3C2=O)cc1. The third-order valence-electron chi connectivity index (χ3n) is 4.71. The van der Waals surface area contributed by atoms with Crippen LogP contribution in [0.25, 0.3) is 6.08 Å². The van der Waals surface area contributed by atoms with E-state index < -0.39 is 0 Å². The van der Waals surface area contributed by atoms with Crippen molar-refractivity contribution in [3.63, 3.8) is 0 Å². The first-order valence-electron chi connectivity index (χ1n) is 9.13. The van der Waals surface area contributed by atoms with Crippen LogP contribution in [0.3, 0.4) is 0 Å². The Labute approximate surface area is 179 Å². The van der Waals surface area contributed by atoms with Crippen molar-refractivity contribution in [1.82, 2.24) is 0 Å².